The quantitative estimate of drug-likeness (QED) is 0.543. The second-order valence-corrected chi connectivity index (χ2v) is 7.39. The van der Waals surface area contributed by atoms with Gasteiger partial charge >= 0.3 is 12.1 Å². The summed E-state index contributed by atoms with van der Waals surface area (Å²) in [5.74, 6) is -0.152. The number of aldehydes is 1. The van der Waals surface area contributed by atoms with Gasteiger partial charge in [0.2, 0.25) is 0 Å². The molecule has 1 fully saturated rings. The van der Waals surface area contributed by atoms with E-state index in [1.54, 1.807) is 24.0 Å². The molecular formula is C20H28N2O6. The lowest BCUT2D eigenvalue weighted by Gasteiger charge is -2.36. The van der Waals surface area contributed by atoms with Gasteiger partial charge in [0.25, 0.3) is 0 Å². The number of hydrogen-bond donors (Lipinski definition) is 0. The molecule has 8 heteroatoms. The van der Waals surface area contributed by atoms with Crippen LogP contribution in [0.1, 0.15) is 38.1 Å². The number of rotatable bonds is 6. The average molecular weight is 392 g/mol. The molecule has 1 heterocycles. The minimum absolute atomic E-state index is 0.247. The van der Waals surface area contributed by atoms with Crippen molar-refractivity contribution in [2.75, 3.05) is 44.3 Å². The summed E-state index contributed by atoms with van der Waals surface area (Å²) in [5, 5.41) is 0. The van der Waals surface area contributed by atoms with Crippen LogP contribution in [-0.2, 0) is 14.3 Å². The van der Waals surface area contributed by atoms with Gasteiger partial charge < -0.3 is 24.0 Å². The molecule has 1 saturated heterocycles. The molecule has 0 bridgehead atoms. The zero-order valence-electron chi connectivity index (χ0n) is 16.9. The summed E-state index contributed by atoms with van der Waals surface area (Å²) in [7, 11) is 0. The van der Waals surface area contributed by atoms with E-state index in [2.05, 4.69) is 4.90 Å². The molecule has 1 amide bonds. The van der Waals surface area contributed by atoms with E-state index in [1.807, 2.05) is 26.8 Å². The molecule has 0 atom stereocenters. The molecule has 0 aliphatic carbocycles. The molecule has 0 saturated carbocycles. The second kappa shape index (κ2) is 9.43. The highest BCUT2D eigenvalue weighted by Gasteiger charge is 2.26. The Morgan fingerprint density at radius 1 is 1.14 bits per heavy atom. The van der Waals surface area contributed by atoms with Gasteiger partial charge in [-0.2, -0.15) is 0 Å². The number of hydrogen-bond acceptors (Lipinski definition) is 7. The van der Waals surface area contributed by atoms with Crippen LogP contribution in [0, 0.1) is 0 Å². The smallest absolute Gasteiger partial charge is 0.410 e. The van der Waals surface area contributed by atoms with Crippen LogP contribution in [-0.4, -0.2) is 68.2 Å². The number of amides is 1. The summed E-state index contributed by atoms with van der Waals surface area (Å²) in [6, 6.07) is 5.21. The third kappa shape index (κ3) is 6.14. The lowest BCUT2D eigenvalue weighted by Crippen LogP contribution is -2.50. The van der Waals surface area contributed by atoms with Gasteiger partial charge in [-0.1, -0.05) is 0 Å². The van der Waals surface area contributed by atoms with E-state index in [0.717, 1.165) is 5.69 Å². The molecular weight excluding hydrogens is 364 g/mol. The average Bonchev–Trinajstić information content (AvgIpc) is 2.65. The highest BCUT2D eigenvalue weighted by Crippen LogP contribution is 2.25. The first-order valence-corrected chi connectivity index (χ1v) is 9.34. The zero-order valence-corrected chi connectivity index (χ0v) is 16.9. The number of benzene rings is 1. The Bertz CT molecular complexity index is 705. The fourth-order valence-corrected chi connectivity index (χ4v) is 2.77. The number of piperazine rings is 1. The number of carbonyl (C=O) groups is 3. The van der Waals surface area contributed by atoms with Gasteiger partial charge in [0, 0.05) is 31.9 Å². The van der Waals surface area contributed by atoms with Crippen LogP contribution in [0.15, 0.2) is 18.2 Å². The van der Waals surface area contributed by atoms with Crippen molar-refractivity contribution in [3.8, 4) is 5.75 Å². The maximum absolute atomic E-state index is 12.2. The summed E-state index contributed by atoms with van der Waals surface area (Å²) < 4.78 is 15.6. The fourth-order valence-electron chi connectivity index (χ4n) is 2.77. The van der Waals surface area contributed by atoms with Crippen LogP contribution < -0.4 is 9.64 Å². The van der Waals surface area contributed by atoms with Crippen LogP contribution in [0.25, 0.3) is 0 Å². The highest BCUT2D eigenvalue weighted by molar-refractivity contribution is 5.82. The Kier molecular flexibility index (Phi) is 7.25. The van der Waals surface area contributed by atoms with E-state index < -0.39 is 11.6 Å². The molecule has 0 unspecified atom stereocenters. The lowest BCUT2D eigenvalue weighted by atomic mass is 10.1. The topological polar surface area (TPSA) is 85.4 Å². The fraction of sp³-hybridized carbons (Fsp3) is 0.550. The van der Waals surface area contributed by atoms with Crippen molar-refractivity contribution in [2.24, 2.45) is 0 Å². The largest absolute Gasteiger partial charge is 0.481 e. The normalized spacial score (nSPS) is 14.4. The Balaban J connectivity index is 1.96. The molecule has 0 spiro atoms. The van der Waals surface area contributed by atoms with E-state index >= 15 is 0 Å². The maximum Gasteiger partial charge on any atom is 0.410 e. The molecule has 0 N–H and O–H groups in total. The molecule has 1 aromatic carbocycles. The highest BCUT2D eigenvalue weighted by atomic mass is 16.6. The van der Waals surface area contributed by atoms with Crippen molar-refractivity contribution in [1.29, 1.82) is 0 Å². The Hall–Kier alpha value is -2.77. The summed E-state index contributed by atoms with van der Waals surface area (Å²) >= 11 is 0. The predicted octanol–water partition coefficient (Wildman–Crippen LogP) is 2.50. The first-order valence-electron chi connectivity index (χ1n) is 9.34. The molecule has 0 aromatic heterocycles. The van der Waals surface area contributed by atoms with Crippen LogP contribution >= 0.6 is 0 Å². The number of carbonyl (C=O) groups excluding carboxylic acids is 3. The van der Waals surface area contributed by atoms with Crippen molar-refractivity contribution in [1.82, 2.24) is 4.90 Å². The van der Waals surface area contributed by atoms with Crippen molar-refractivity contribution >= 4 is 24.0 Å². The molecule has 154 valence electrons. The third-order valence-electron chi connectivity index (χ3n) is 4.07. The number of anilines is 1. The number of ether oxygens (including phenoxy) is 3. The number of nitrogens with zero attached hydrogens (tertiary/aromatic N) is 2. The van der Waals surface area contributed by atoms with Crippen LogP contribution in [0.2, 0.25) is 0 Å². The maximum atomic E-state index is 12.2. The minimum atomic E-state index is -0.521. The minimum Gasteiger partial charge on any atom is -0.481 e. The van der Waals surface area contributed by atoms with Gasteiger partial charge in [0.1, 0.15) is 11.4 Å². The number of esters is 1. The van der Waals surface area contributed by atoms with Gasteiger partial charge in [-0.05, 0) is 45.9 Å². The van der Waals surface area contributed by atoms with E-state index in [0.29, 0.717) is 43.8 Å². The monoisotopic (exact) mass is 392 g/mol. The Labute approximate surface area is 165 Å². The molecule has 1 aromatic rings. The second-order valence-electron chi connectivity index (χ2n) is 7.39. The molecule has 0 radical (unpaired) electrons. The van der Waals surface area contributed by atoms with Gasteiger partial charge in [-0.3, -0.25) is 4.79 Å². The molecule has 8 nitrogen and oxygen atoms in total. The predicted molar refractivity (Wildman–Crippen MR) is 104 cm³/mol. The first kappa shape index (κ1) is 21.5. The third-order valence-corrected chi connectivity index (χ3v) is 4.07. The van der Waals surface area contributed by atoms with Gasteiger partial charge in [0.05, 0.1) is 12.2 Å². The van der Waals surface area contributed by atoms with E-state index in [1.165, 1.54) is 0 Å². The van der Waals surface area contributed by atoms with Gasteiger partial charge in [-0.15, -0.1) is 0 Å². The SMILES string of the molecule is CCOC(=O)COc1ccc(N2CCN(C(=O)OC(C)(C)C)CC2)cc1C=O. The van der Waals surface area contributed by atoms with Gasteiger partial charge in [0.15, 0.2) is 12.9 Å². The summed E-state index contributed by atoms with van der Waals surface area (Å²) in [6.45, 7) is 9.58. The molecule has 2 rings (SSSR count). The standard InChI is InChI=1S/C20H28N2O6/c1-5-26-18(24)14-27-17-7-6-16(12-15(17)13-23)21-8-10-22(11-9-21)19(25)28-20(2,3)4/h6-7,12-13H,5,8-11,14H2,1-4H3. The van der Waals surface area contributed by atoms with E-state index in [-0.39, 0.29) is 19.3 Å². The van der Waals surface area contributed by atoms with Crippen molar-refractivity contribution in [3.63, 3.8) is 0 Å². The molecule has 1 aliphatic heterocycles. The van der Waals surface area contributed by atoms with Crippen LogP contribution in [0.3, 0.4) is 0 Å². The van der Waals surface area contributed by atoms with Crippen LogP contribution in [0.5, 0.6) is 5.75 Å². The Morgan fingerprint density at radius 2 is 1.82 bits per heavy atom. The van der Waals surface area contributed by atoms with Crippen molar-refractivity contribution in [3.05, 3.63) is 23.8 Å². The van der Waals surface area contributed by atoms with E-state index in [4.69, 9.17) is 14.2 Å². The Morgan fingerprint density at radius 3 is 2.39 bits per heavy atom. The van der Waals surface area contributed by atoms with E-state index in [9.17, 15) is 14.4 Å². The summed E-state index contributed by atoms with van der Waals surface area (Å²) in [5.41, 5.74) is 0.692. The summed E-state index contributed by atoms with van der Waals surface area (Å²) in [6.07, 6.45) is 0.379. The summed E-state index contributed by atoms with van der Waals surface area (Å²) in [4.78, 5) is 38.8. The van der Waals surface area contributed by atoms with Crippen molar-refractivity contribution < 1.29 is 28.6 Å². The first-order chi connectivity index (χ1) is 13.2. The lowest BCUT2D eigenvalue weighted by molar-refractivity contribution is -0.145. The van der Waals surface area contributed by atoms with Crippen LogP contribution in [0.4, 0.5) is 10.5 Å². The molecule has 1 aliphatic rings. The zero-order chi connectivity index (χ0) is 20.7. The van der Waals surface area contributed by atoms with Gasteiger partial charge in [-0.25, -0.2) is 9.59 Å². The molecule has 28 heavy (non-hydrogen) atoms. The van der Waals surface area contributed by atoms with Crippen molar-refractivity contribution in [2.45, 2.75) is 33.3 Å².